The molecule has 2 nitrogen and oxygen atoms in total. The second-order valence-electron chi connectivity index (χ2n) is 3.99. The molecule has 1 rings (SSSR count). The van der Waals surface area contributed by atoms with Crippen LogP contribution in [0.5, 0.6) is 0 Å². The number of halogens is 1. The highest BCUT2D eigenvalue weighted by Crippen LogP contribution is 2.20. The van der Waals surface area contributed by atoms with Gasteiger partial charge in [-0.15, -0.1) is 0 Å². The SMILES string of the molecule is C=C(C)CN(C)Cc1ccc(Cl)c(N)c1. The quantitative estimate of drug-likeness (QED) is 0.630. The van der Waals surface area contributed by atoms with Crippen molar-refractivity contribution >= 4 is 17.3 Å². The summed E-state index contributed by atoms with van der Waals surface area (Å²) >= 11 is 5.85. The first-order valence-corrected chi connectivity index (χ1v) is 5.23. The van der Waals surface area contributed by atoms with Crippen molar-refractivity contribution in [2.45, 2.75) is 13.5 Å². The summed E-state index contributed by atoms with van der Waals surface area (Å²) in [6.45, 7) is 7.65. The summed E-state index contributed by atoms with van der Waals surface area (Å²) < 4.78 is 0. The molecule has 0 fully saturated rings. The van der Waals surface area contributed by atoms with Crippen molar-refractivity contribution in [1.82, 2.24) is 4.90 Å². The minimum Gasteiger partial charge on any atom is -0.398 e. The van der Waals surface area contributed by atoms with Crippen LogP contribution >= 0.6 is 11.6 Å². The van der Waals surface area contributed by atoms with Crippen LogP contribution in [0.15, 0.2) is 30.4 Å². The van der Waals surface area contributed by atoms with Crippen LogP contribution in [0.4, 0.5) is 5.69 Å². The van der Waals surface area contributed by atoms with Crippen LogP contribution in [0.1, 0.15) is 12.5 Å². The van der Waals surface area contributed by atoms with Crippen LogP contribution in [-0.4, -0.2) is 18.5 Å². The predicted molar refractivity (Wildman–Crippen MR) is 67.0 cm³/mol. The number of nitrogen functional groups attached to an aromatic ring is 1. The molecule has 0 saturated heterocycles. The summed E-state index contributed by atoms with van der Waals surface area (Å²) in [5, 5.41) is 0.612. The molecule has 0 aliphatic heterocycles. The molecular formula is C12H17ClN2. The van der Waals surface area contributed by atoms with E-state index in [-0.39, 0.29) is 0 Å². The molecular weight excluding hydrogens is 208 g/mol. The molecule has 82 valence electrons. The number of benzene rings is 1. The van der Waals surface area contributed by atoms with E-state index in [1.54, 1.807) is 0 Å². The average molecular weight is 225 g/mol. The fourth-order valence-electron chi connectivity index (χ4n) is 1.52. The summed E-state index contributed by atoms with van der Waals surface area (Å²) in [5.74, 6) is 0. The molecule has 0 radical (unpaired) electrons. The lowest BCUT2D eigenvalue weighted by molar-refractivity contribution is 0.355. The Morgan fingerprint density at radius 3 is 2.73 bits per heavy atom. The van der Waals surface area contributed by atoms with Gasteiger partial charge in [-0.3, -0.25) is 4.90 Å². The van der Waals surface area contributed by atoms with Gasteiger partial charge in [-0.1, -0.05) is 29.8 Å². The topological polar surface area (TPSA) is 29.3 Å². The molecule has 1 aromatic rings. The van der Waals surface area contributed by atoms with Gasteiger partial charge in [0.2, 0.25) is 0 Å². The van der Waals surface area contributed by atoms with Crippen LogP contribution in [0.3, 0.4) is 0 Å². The summed E-state index contributed by atoms with van der Waals surface area (Å²) in [7, 11) is 2.06. The van der Waals surface area contributed by atoms with Crippen LogP contribution in [0.25, 0.3) is 0 Å². The van der Waals surface area contributed by atoms with E-state index >= 15 is 0 Å². The zero-order valence-electron chi connectivity index (χ0n) is 9.26. The van der Waals surface area contributed by atoms with E-state index in [1.807, 2.05) is 25.1 Å². The Bertz CT molecular complexity index is 361. The van der Waals surface area contributed by atoms with E-state index in [9.17, 15) is 0 Å². The van der Waals surface area contributed by atoms with Crippen LogP contribution in [-0.2, 0) is 6.54 Å². The van der Waals surface area contributed by atoms with Gasteiger partial charge in [0.1, 0.15) is 0 Å². The number of rotatable bonds is 4. The Morgan fingerprint density at radius 2 is 2.20 bits per heavy atom. The maximum atomic E-state index is 5.85. The Labute approximate surface area is 96.3 Å². The van der Waals surface area contributed by atoms with Crippen molar-refractivity contribution < 1.29 is 0 Å². The maximum Gasteiger partial charge on any atom is 0.0635 e. The number of hydrogen-bond acceptors (Lipinski definition) is 2. The number of nitrogens with two attached hydrogens (primary N) is 1. The second kappa shape index (κ2) is 5.19. The van der Waals surface area contributed by atoms with Gasteiger partial charge in [0.15, 0.2) is 0 Å². The molecule has 15 heavy (non-hydrogen) atoms. The fraction of sp³-hybridized carbons (Fsp3) is 0.333. The van der Waals surface area contributed by atoms with Crippen molar-refractivity contribution in [2.24, 2.45) is 0 Å². The van der Waals surface area contributed by atoms with Gasteiger partial charge in [-0.2, -0.15) is 0 Å². The molecule has 0 unspecified atom stereocenters. The maximum absolute atomic E-state index is 5.85. The molecule has 0 atom stereocenters. The number of nitrogens with zero attached hydrogens (tertiary/aromatic N) is 1. The summed E-state index contributed by atoms with van der Waals surface area (Å²) in [5.41, 5.74) is 8.69. The lowest BCUT2D eigenvalue weighted by Gasteiger charge is -2.16. The van der Waals surface area contributed by atoms with Crippen molar-refractivity contribution in [3.05, 3.63) is 40.9 Å². The number of likely N-dealkylation sites (N-methyl/N-ethyl adjacent to an activating group) is 1. The van der Waals surface area contributed by atoms with Gasteiger partial charge < -0.3 is 5.73 Å². The first-order valence-electron chi connectivity index (χ1n) is 4.86. The molecule has 3 heteroatoms. The minimum atomic E-state index is 0.612. The van der Waals surface area contributed by atoms with Crippen LogP contribution in [0, 0.1) is 0 Å². The fourth-order valence-corrected chi connectivity index (χ4v) is 1.64. The molecule has 0 heterocycles. The smallest absolute Gasteiger partial charge is 0.0635 e. The summed E-state index contributed by atoms with van der Waals surface area (Å²) in [6, 6.07) is 5.74. The Balaban J connectivity index is 2.64. The first kappa shape index (κ1) is 12.1. The lowest BCUT2D eigenvalue weighted by Crippen LogP contribution is -2.19. The van der Waals surface area contributed by atoms with Crippen LogP contribution in [0.2, 0.25) is 5.02 Å². The Morgan fingerprint density at radius 1 is 1.53 bits per heavy atom. The number of hydrogen-bond donors (Lipinski definition) is 1. The minimum absolute atomic E-state index is 0.612. The van der Waals surface area contributed by atoms with Gasteiger partial charge in [0, 0.05) is 13.1 Å². The summed E-state index contributed by atoms with van der Waals surface area (Å²) in [4.78, 5) is 2.19. The van der Waals surface area contributed by atoms with Crippen molar-refractivity contribution in [2.75, 3.05) is 19.3 Å². The average Bonchev–Trinajstić information content (AvgIpc) is 2.10. The molecule has 0 saturated carbocycles. The van der Waals surface area contributed by atoms with Gasteiger partial charge in [-0.05, 0) is 31.7 Å². The largest absolute Gasteiger partial charge is 0.398 e. The van der Waals surface area contributed by atoms with Gasteiger partial charge in [-0.25, -0.2) is 0 Å². The van der Waals surface area contributed by atoms with E-state index in [4.69, 9.17) is 17.3 Å². The summed E-state index contributed by atoms with van der Waals surface area (Å²) in [6.07, 6.45) is 0. The molecule has 0 spiro atoms. The molecule has 2 N–H and O–H groups in total. The van der Waals surface area contributed by atoms with E-state index in [2.05, 4.69) is 18.5 Å². The standard InChI is InChI=1S/C12H17ClN2/c1-9(2)7-15(3)8-10-4-5-11(13)12(14)6-10/h4-6H,1,7-8,14H2,2-3H3. The molecule has 0 bridgehead atoms. The normalized spacial score (nSPS) is 10.7. The van der Waals surface area contributed by atoms with Gasteiger partial charge in [0.05, 0.1) is 10.7 Å². The van der Waals surface area contributed by atoms with E-state index in [0.717, 1.165) is 18.7 Å². The lowest BCUT2D eigenvalue weighted by atomic mass is 10.2. The number of anilines is 1. The highest BCUT2D eigenvalue weighted by atomic mass is 35.5. The zero-order valence-corrected chi connectivity index (χ0v) is 10.0. The molecule has 0 amide bonds. The monoisotopic (exact) mass is 224 g/mol. The van der Waals surface area contributed by atoms with Crippen molar-refractivity contribution in [1.29, 1.82) is 0 Å². The zero-order chi connectivity index (χ0) is 11.4. The third-order valence-corrected chi connectivity index (χ3v) is 2.40. The highest BCUT2D eigenvalue weighted by molar-refractivity contribution is 6.33. The predicted octanol–water partition coefficient (Wildman–Crippen LogP) is 2.93. The van der Waals surface area contributed by atoms with Crippen molar-refractivity contribution in [3.63, 3.8) is 0 Å². The molecule has 0 aliphatic rings. The van der Waals surface area contributed by atoms with Gasteiger partial charge in [0.25, 0.3) is 0 Å². The highest BCUT2D eigenvalue weighted by Gasteiger charge is 2.02. The first-order chi connectivity index (χ1) is 6.99. The van der Waals surface area contributed by atoms with Gasteiger partial charge >= 0.3 is 0 Å². The Hall–Kier alpha value is -0.990. The molecule has 1 aromatic carbocycles. The second-order valence-corrected chi connectivity index (χ2v) is 4.39. The van der Waals surface area contributed by atoms with E-state index in [0.29, 0.717) is 10.7 Å². The van der Waals surface area contributed by atoms with Crippen LogP contribution < -0.4 is 5.73 Å². The third-order valence-electron chi connectivity index (χ3n) is 2.05. The third kappa shape index (κ3) is 3.94. The molecule has 0 aliphatic carbocycles. The molecule has 0 aromatic heterocycles. The van der Waals surface area contributed by atoms with Crippen molar-refractivity contribution in [3.8, 4) is 0 Å². The van der Waals surface area contributed by atoms with E-state index in [1.165, 1.54) is 5.56 Å². The van der Waals surface area contributed by atoms with E-state index < -0.39 is 0 Å². The Kier molecular flexibility index (Phi) is 4.18.